The molecule has 5 N–H and O–H groups in total. The molecule has 1 aromatic heterocycles. The number of aromatic nitrogens is 3. The van der Waals surface area contributed by atoms with Crippen LogP contribution in [0.4, 0.5) is 4.79 Å². The molecule has 22 nitrogen and oxygen atoms in total. The van der Waals surface area contributed by atoms with E-state index in [1.807, 2.05) is 0 Å². The maximum absolute atomic E-state index is 13.3. The van der Waals surface area contributed by atoms with E-state index >= 15 is 0 Å². The van der Waals surface area contributed by atoms with Gasteiger partial charge in [0.2, 0.25) is 11.8 Å². The monoisotopic (exact) mass is 860 g/mol. The Labute approximate surface area is 339 Å². The molecule has 1 aliphatic carbocycles. The van der Waals surface area contributed by atoms with Gasteiger partial charge in [0.25, 0.3) is 0 Å². The summed E-state index contributed by atoms with van der Waals surface area (Å²) >= 11 is 1.28. The van der Waals surface area contributed by atoms with Gasteiger partial charge in [-0.25, -0.2) is 22.8 Å². The Bertz CT molecular complexity index is 2270. The molecule has 0 bridgehead atoms. The van der Waals surface area contributed by atoms with Gasteiger partial charge in [-0.15, -0.1) is 16.9 Å². The number of carbonyl (C=O) groups is 9. The summed E-state index contributed by atoms with van der Waals surface area (Å²) in [6, 6.07) is 4.11. The van der Waals surface area contributed by atoms with Gasteiger partial charge in [-0.2, -0.15) is 0 Å². The second-order valence-corrected chi connectivity index (χ2v) is 19.6. The lowest BCUT2D eigenvalue weighted by Gasteiger charge is -2.44. The van der Waals surface area contributed by atoms with E-state index in [-0.39, 0.29) is 37.5 Å². The van der Waals surface area contributed by atoms with Crippen LogP contribution < -0.4 is 10.6 Å². The number of hydrogen-bond acceptors (Lipinski definition) is 14. The number of β-lactam (4-membered cyclic amide) rings is 1. The molecular weight excluding hydrogens is 821 g/mol. The van der Waals surface area contributed by atoms with Gasteiger partial charge in [-0.1, -0.05) is 35.5 Å². The number of aromatic carboxylic acids is 1. The van der Waals surface area contributed by atoms with Crippen molar-refractivity contribution >= 4 is 75.0 Å². The van der Waals surface area contributed by atoms with Gasteiger partial charge < -0.3 is 35.8 Å². The fourth-order valence-corrected chi connectivity index (χ4v) is 12.5. The Hall–Kier alpha value is -5.91. The van der Waals surface area contributed by atoms with Crippen LogP contribution in [0.3, 0.4) is 0 Å². The van der Waals surface area contributed by atoms with Crippen LogP contribution in [0, 0.1) is 11.8 Å². The molecule has 1 aromatic carbocycles. The highest BCUT2D eigenvalue weighted by atomic mass is 32.2. The smallest absolute Gasteiger partial charge is 0.358 e. The van der Waals surface area contributed by atoms with Gasteiger partial charge in [0.05, 0.1) is 23.9 Å². The van der Waals surface area contributed by atoms with Crippen molar-refractivity contribution in [3.8, 4) is 0 Å². The lowest BCUT2D eigenvalue weighted by atomic mass is 9.70. The van der Waals surface area contributed by atoms with Crippen LogP contribution in [-0.4, -0.2) is 159 Å². The first-order valence-electron chi connectivity index (χ1n) is 18.2. The Balaban J connectivity index is 0.000000219. The highest BCUT2D eigenvalue weighted by molar-refractivity contribution is 8.01. The third kappa shape index (κ3) is 7.16. The number of benzene rings is 1. The van der Waals surface area contributed by atoms with Gasteiger partial charge in [-0.3, -0.25) is 38.3 Å². The van der Waals surface area contributed by atoms with E-state index in [1.54, 1.807) is 51.1 Å². The van der Waals surface area contributed by atoms with Crippen molar-refractivity contribution in [1.82, 2.24) is 40.3 Å². The number of urea groups is 1. The van der Waals surface area contributed by atoms with E-state index in [0.29, 0.717) is 12.1 Å². The summed E-state index contributed by atoms with van der Waals surface area (Å²) in [6.07, 6.45) is 0.855. The highest BCUT2D eigenvalue weighted by Crippen LogP contribution is 2.54. The van der Waals surface area contributed by atoms with E-state index in [4.69, 9.17) is 5.11 Å². The third-order valence-corrected chi connectivity index (χ3v) is 15.8. The summed E-state index contributed by atoms with van der Waals surface area (Å²) in [5.74, 6) is -9.64. The van der Waals surface area contributed by atoms with Crippen LogP contribution in [-0.2, 0) is 49.9 Å². The Morgan fingerprint density at radius 3 is 2.19 bits per heavy atom. The summed E-state index contributed by atoms with van der Waals surface area (Å²) < 4.78 is 23.9. The minimum atomic E-state index is -3.90. The molecule has 2 aromatic rings. The summed E-state index contributed by atoms with van der Waals surface area (Å²) in [5, 5.41) is 38.4. The number of aliphatic carboxylic acids is 2. The van der Waals surface area contributed by atoms with Gasteiger partial charge in [0.15, 0.2) is 15.5 Å². The normalized spacial score (nSPS) is 29.2. The molecule has 3 unspecified atom stereocenters. The molecule has 8 atom stereocenters. The predicted molar refractivity (Wildman–Crippen MR) is 200 cm³/mol. The molecule has 59 heavy (non-hydrogen) atoms. The molecule has 7 rings (SSSR count). The van der Waals surface area contributed by atoms with E-state index < -0.39 is 107 Å². The molecule has 24 heteroatoms. The molecule has 1 saturated carbocycles. The van der Waals surface area contributed by atoms with Crippen molar-refractivity contribution in [3.05, 3.63) is 47.8 Å². The minimum absolute atomic E-state index is 0.0200. The highest BCUT2D eigenvalue weighted by Gasteiger charge is 2.71. The van der Waals surface area contributed by atoms with E-state index in [0.717, 1.165) is 15.8 Å². The van der Waals surface area contributed by atoms with Crippen LogP contribution in [0.5, 0.6) is 0 Å². The number of carboxylic acid groups (broad SMARTS) is 3. The number of ketones is 1. The van der Waals surface area contributed by atoms with Crippen LogP contribution >= 0.6 is 11.8 Å². The summed E-state index contributed by atoms with van der Waals surface area (Å²) in [5.41, 5.74) is 0.0238. The molecule has 6 amide bonds. The van der Waals surface area contributed by atoms with E-state index in [2.05, 4.69) is 20.9 Å². The maximum Gasteiger partial charge on any atom is 0.358 e. The molecule has 0 spiro atoms. The Morgan fingerprint density at radius 1 is 0.966 bits per heavy atom. The standard InChI is InChI=1S/C23H27N5O7S.C12H13N3O7S/c1-4-26-10-11-27(19(32)18(26)31)22(35)25-13(12-8-6-5-7-9-12)16(29)24-14-17(30)28-15(21(33)34)23(2,3)36-20(14)28;1-12(4-15-3-5(10(17)18)13-14-15)9(11(19)20)8-6(16)2-7(8)23(12,21)22/h5-9,13-15,20H,4,10-11H2,1-3H3,(H,24,29)(H,25,35)(H,33,34);3,7-9H,2,4H2,1H3,(H,17,18)(H,19,20)/t13?,14-,15+,20-;7?,8?,9-,12-/m10/s1. The number of piperazine rings is 1. The summed E-state index contributed by atoms with van der Waals surface area (Å²) in [6.45, 7) is 6.55. The van der Waals surface area contributed by atoms with Crippen LogP contribution in [0.2, 0.25) is 0 Å². The average molecular weight is 861 g/mol. The van der Waals surface area contributed by atoms with Crippen molar-refractivity contribution in [2.75, 3.05) is 19.6 Å². The molecule has 5 heterocycles. The topological polar surface area (TPSA) is 313 Å². The maximum atomic E-state index is 13.3. The second kappa shape index (κ2) is 15.4. The lowest BCUT2D eigenvalue weighted by molar-refractivity contribution is -0.161. The number of imide groups is 1. The second-order valence-electron chi connectivity index (χ2n) is 15.2. The number of carboxylic acids is 3. The first-order valence-corrected chi connectivity index (χ1v) is 20.6. The number of nitrogens with zero attached hydrogens (tertiary/aromatic N) is 6. The first kappa shape index (κ1) is 42.7. The predicted octanol–water partition coefficient (Wildman–Crippen LogP) is -1.42. The fraction of sp³-hybridized carbons (Fsp3) is 0.514. The first-order chi connectivity index (χ1) is 27.6. The number of nitrogens with one attached hydrogen (secondary N) is 2. The number of thioether (sulfide) groups is 1. The Morgan fingerprint density at radius 2 is 1.63 bits per heavy atom. The number of Topliss-reactive ketones (excluding diaryl/α,β-unsaturated/α-hetero) is 1. The zero-order valence-electron chi connectivity index (χ0n) is 31.9. The molecule has 4 aliphatic heterocycles. The van der Waals surface area contributed by atoms with Crippen molar-refractivity contribution in [2.24, 2.45) is 11.8 Å². The van der Waals surface area contributed by atoms with Gasteiger partial charge in [-0.05, 0) is 33.3 Å². The number of sulfone groups is 1. The SMILES string of the molecule is CCN1CCN(C(=O)NC(C(=O)N[C@@H]2C(=O)N3[C@@H]2SC(C)(C)[C@@H]3C(=O)O)c2ccccc2)C(=O)C1=O.C[C@]1(Cn2cc(C(=O)O)nn2)[C@H](C(=O)O)C2C(=O)CC2S1(=O)=O. The molecule has 4 saturated heterocycles. The molecule has 0 radical (unpaired) electrons. The zero-order valence-corrected chi connectivity index (χ0v) is 33.5. The third-order valence-electron chi connectivity index (χ3n) is 11.3. The van der Waals surface area contributed by atoms with Gasteiger partial charge in [0, 0.05) is 36.7 Å². The number of hydrogen-bond donors (Lipinski definition) is 5. The van der Waals surface area contributed by atoms with E-state index in [9.17, 15) is 61.8 Å². The Kier molecular flexibility index (Phi) is 11.1. The summed E-state index contributed by atoms with van der Waals surface area (Å²) in [4.78, 5) is 113. The molecule has 5 fully saturated rings. The van der Waals surface area contributed by atoms with Crippen molar-refractivity contribution in [2.45, 2.75) is 78.9 Å². The lowest BCUT2D eigenvalue weighted by Crippen LogP contribution is -2.71. The van der Waals surface area contributed by atoms with Crippen molar-refractivity contribution < 1.29 is 66.9 Å². The van der Waals surface area contributed by atoms with Gasteiger partial charge >= 0.3 is 35.8 Å². The number of amides is 6. The number of carbonyl (C=O) groups excluding carboxylic acids is 6. The molecule has 316 valence electrons. The number of fused-ring (bicyclic) bond motifs is 2. The largest absolute Gasteiger partial charge is 0.481 e. The minimum Gasteiger partial charge on any atom is -0.481 e. The quantitative estimate of drug-likeness (QED) is 0.135. The summed E-state index contributed by atoms with van der Waals surface area (Å²) in [7, 11) is -3.90. The van der Waals surface area contributed by atoms with Gasteiger partial charge in [0.1, 0.15) is 34.0 Å². The van der Waals surface area contributed by atoms with Crippen molar-refractivity contribution in [1.29, 1.82) is 0 Å². The fourth-order valence-electron chi connectivity index (χ4n) is 8.21. The van der Waals surface area contributed by atoms with Crippen molar-refractivity contribution in [3.63, 3.8) is 0 Å². The van der Waals surface area contributed by atoms with Crippen LogP contribution in [0.15, 0.2) is 36.5 Å². The molecule has 5 aliphatic rings. The molecular formula is C35H40N8O14S2. The van der Waals surface area contributed by atoms with Crippen LogP contribution in [0.1, 0.15) is 56.2 Å². The number of rotatable bonds is 10. The number of likely N-dealkylation sites (N-methyl/N-ethyl adjacent to an activating group) is 1. The zero-order chi connectivity index (χ0) is 43.5. The van der Waals surface area contributed by atoms with E-state index in [1.165, 1.54) is 28.5 Å². The average Bonchev–Trinajstić information content (AvgIpc) is 3.78. The van der Waals surface area contributed by atoms with Crippen LogP contribution in [0.25, 0.3) is 0 Å².